The Bertz CT molecular complexity index is 1530. The molecule has 1 heterocycles. The van der Waals surface area contributed by atoms with E-state index in [2.05, 4.69) is 5.10 Å². The molecule has 7 nitrogen and oxygen atoms in total. The number of halogens is 3. The van der Waals surface area contributed by atoms with Crippen LogP contribution < -0.4 is 4.74 Å². The molecule has 2 N–H and O–H groups in total. The highest BCUT2D eigenvalue weighted by Gasteiger charge is 2.44. The molecule has 10 heteroatoms. The van der Waals surface area contributed by atoms with E-state index in [1.165, 1.54) is 19.2 Å². The van der Waals surface area contributed by atoms with Gasteiger partial charge in [0.05, 0.1) is 5.69 Å². The lowest BCUT2D eigenvalue weighted by atomic mass is 9.69. The Morgan fingerprint density at radius 3 is 2.38 bits per heavy atom. The van der Waals surface area contributed by atoms with Gasteiger partial charge in [0.1, 0.15) is 23.5 Å². The average Bonchev–Trinajstić information content (AvgIpc) is 3.26. The lowest BCUT2D eigenvalue weighted by molar-refractivity contribution is -0.144. The number of carbonyl (C=O) groups is 2. The van der Waals surface area contributed by atoms with Crippen LogP contribution in [0.3, 0.4) is 0 Å². The summed E-state index contributed by atoms with van der Waals surface area (Å²) in [7, 11) is 1.23. The van der Waals surface area contributed by atoms with Gasteiger partial charge in [-0.3, -0.25) is 9.48 Å². The van der Waals surface area contributed by atoms with Gasteiger partial charge in [0.2, 0.25) is 0 Å². The fourth-order valence-electron chi connectivity index (χ4n) is 4.84. The van der Waals surface area contributed by atoms with E-state index in [0.717, 1.165) is 16.3 Å². The quantitative estimate of drug-likeness (QED) is 0.382. The minimum Gasteiger partial charge on any atom is -0.489 e. The molecule has 4 rings (SSSR count). The van der Waals surface area contributed by atoms with Crippen molar-refractivity contribution < 1.29 is 37.7 Å². The van der Waals surface area contributed by atoms with Gasteiger partial charge in [-0.15, -0.1) is 0 Å². The summed E-state index contributed by atoms with van der Waals surface area (Å²) in [6, 6.07) is 11.1. The topological polar surface area (TPSA) is 102 Å². The van der Waals surface area contributed by atoms with Crippen molar-refractivity contribution >= 4 is 11.9 Å². The van der Waals surface area contributed by atoms with Gasteiger partial charge >= 0.3 is 18.1 Å². The number of carboxylic acids is 2. The predicted octanol–water partition coefficient (Wildman–Crippen LogP) is 5.99. The van der Waals surface area contributed by atoms with E-state index in [1.807, 2.05) is 13.0 Å². The number of aryl methyl sites for hydroxylation is 3. The zero-order valence-corrected chi connectivity index (χ0v) is 21.8. The second kappa shape index (κ2) is 10.1. The molecule has 0 spiro atoms. The molecule has 1 aliphatic carbocycles. The van der Waals surface area contributed by atoms with E-state index in [4.69, 9.17) is 4.74 Å². The second-order valence-electron chi connectivity index (χ2n) is 9.66. The minimum atomic E-state index is -4.52. The maximum absolute atomic E-state index is 13.2. The van der Waals surface area contributed by atoms with E-state index in [-0.39, 0.29) is 24.3 Å². The van der Waals surface area contributed by atoms with E-state index < -0.39 is 29.2 Å². The normalized spacial score (nSPS) is 17.4. The van der Waals surface area contributed by atoms with Crippen LogP contribution in [0.1, 0.15) is 41.3 Å². The molecule has 39 heavy (non-hydrogen) atoms. The van der Waals surface area contributed by atoms with Crippen molar-refractivity contribution in [3.63, 3.8) is 0 Å². The van der Waals surface area contributed by atoms with Crippen LogP contribution in [0.4, 0.5) is 13.2 Å². The van der Waals surface area contributed by atoms with Crippen LogP contribution >= 0.6 is 0 Å². The summed E-state index contributed by atoms with van der Waals surface area (Å²) in [5, 5.41) is 23.9. The summed E-state index contributed by atoms with van der Waals surface area (Å²) in [6.45, 7) is 5.20. The molecular formula is C29H27F3N2O5. The molecule has 204 valence electrons. The standard InChI is InChI=1S/C29H27F3N2O5/c1-16-6-5-7-22(28(27(37)38)11-10-17(2)20(14-28)26(35)36)21(16)15-39-24-9-8-19(12-18(24)3)23-13-25(29(30,31)32)34(4)33-23/h5-13H,14-15H2,1-4H3,(H,35,36)(H,37,38). The van der Waals surface area contributed by atoms with Crippen molar-refractivity contribution in [2.75, 3.05) is 0 Å². The number of aliphatic carboxylic acids is 2. The molecule has 1 aromatic heterocycles. The monoisotopic (exact) mass is 540 g/mol. The summed E-state index contributed by atoms with van der Waals surface area (Å²) in [6.07, 6.45) is -1.69. The van der Waals surface area contributed by atoms with Crippen molar-refractivity contribution in [3.05, 3.63) is 93.7 Å². The van der Waals surface area contributed by atoms with Gasteiger partial charge in [0.15, 0.2) is 0 Å². The molecule has 1 aliphatic rings. The Hall–Kier alpha value is -4.34. The average molecular weight is 541 g/mol. The fraction of sp³-hybridized carbons (Fsp3) is 0.276. The summed E-state index contributed by atoms with van der Waals surface area (Å²) in [4.78, 5) is 24.5. The Balaban J connectivity index is 1.65. The van der Waals surface area contributed by atoms with E-state index in [1.54, 1.807) is 44.2 Å². The van der Waals surface area contributed by atoms with Crippen molar-refractivity contribution in [1.82, 2.24) is 9.78 Å². The third-order valence-corrected chi connectivity index (χ3v) is 7.09. The first-order chi connectivity index (χ1) is 18.2. The lowest BCUT2D eigenvalue weighted by Gasteiger charge is -2.32. The zero-order chi connectivity index (χ0) is 28.7. The molecule has 0 bridgehead atoms. The molecule has 0 radical (unpaired) electrons. The van der Waals surface area contributed by atoms with Gasteiger partial charge in [-0.05, 0) is 72.9 Å². The molecule has 0 saturated heterocycles. The molecule has 1 atom stereocenters. The lowest BCUT2D eigenvalue weighted by Crippen LogP contribution is -2.38. The number of hydrogen-bond acceptors (Lipinski definition) is 4. The molecule has 3 aromatic rings. The molecule has 0 fully saturated rings. The third-order valence-electron chi connectivity index (χ3n) is 7.09. The molecule has 2 aromatic carbocycles. The molecule has 0 amide bonds. The third kappa shape index (κ3) is 5.19. The van der Waals surface area contributed by atoms with E-state index in [9.17, 15) is 33.0 Å². The van der Waals surface area contributed by atoms with Crippen LogP contribution in [-0.4, -0.2) is 31.9 Å². The Labute approximate surface area is 222 Å². The van der Waals surface area contributed by atoms with Crippen molar-refractivity contribution in [3.8, 4) is 17.0 Å². The Morgan fingerprint density at radius 1 is 1.08 bits per heavy atom. The van der Waals surface area contributed by atoms with Crippen LogP contribution in [0.2, 0.25) is 0 Å². The Kier molecular flexibility index (Phi) is 7.16. The highest BCUT2D eigenvalue weighted by molar-refractivity contribution is 5.94. The largest absolute Gasteiger partial charge is 0.489 e. The number of aromatic nitrogens is 2. The van der Waals surface area contributed by atoms with E-state index in [0.29, 0.717) is 33.6 Å². The first-order valence-corrected chi connectivity index (χ1v) is 12.0. The molecule has 0 saturated carbocycles. The second-order valence-corrected chi connectivity index (χ2v) is 9.66. The van der Waals surface area contributed by atoms with Gasteiger partial charge in [-0.2, -0.15) is 18.3 Å². The van der Waals surface area contributed by atoms with Gasteiger partial charge < -0.3 is 14.9 Å². The maximum Gasteiger partial charge on any atom is 0.433 e. The fourth-order valence-corrected chi connectivity index (χ4v) is 4.84. The summed E-state index contributed by atoms with van der Waals surface area (Å²) >= 11 is 0. The maximum atomic E-state index is 13.2. The molecular weight excluding hydrogens is 513 g/mol. The summed E-state index contributed by atoms with van der Waals surface area (Å²) in [5.41, 5.74) is 1.20. The van der Waals surface area contributed by atoms with Gasteiger partial charge in [0.25, 0.3) is 0 Å². The predicted molar refractivity (Wildman–Crippen MR) is 137 cm³/mol. The number of allylic oxidation sites excluding steroid dienone is 2. The SMILES string of the molecule is CC1=C(C(=O)O)CC(C(=O)O)(c2cccc(C)c2COc2ccc(-c3cc(C(F)(F)F)n(C)n3)cc2C)C=C1. The van der Waals surface area contributed by atoms with Gasteiger partial charge in [-0.25, -0.2) is 4.79 Å². The van der Waals surface area contributed by atoms with Crippen molar-refractivity contribution in [1.29, 1.82) is 0 Å². The van der Waals surface area contributed by atoms with Crippen molar-refractivity contribution in [2.45, 2.75) is 45.4 Å². The number of alkyl halides is 3. The number of hydrogen-bond donors (Lipinski definition) is 2. The summed E-state index contributed by atoms with van der Waals surface area (Å²) in [5.74, 6) is -1.88. The van der Waals surface area contributed by atoms with Crippen LogP contribution in [0.5, 0.6) is 5.75 Å². The molecule has 0 aliphatic heterocycles. The zero-order valence-electron chi connectivity index (χ0n) is 21.8. The highest BCUT2D eigenvalue weighted by atomic mass is 19.4. The number of benzene rings is 2. The van der Waals surface area contributed by atoms with Crippen LogP contribution in [0, 0.1) is 13.8 Å². The minimum absolute atomic E-state index is 0.00201. The van der Waals surface area contributed by atoms with E-state index >= 15 is 0 Å². The first kappa shape index (κ1) is 27.7. The number of nitrogens with zero attached hydrogens (tertiary/aromatic N) is 2. The van der Waals surface area contributed by atoms with Gasteiger partial charge in [0, 0.05) is 24.6 Å². The molecule has 1 unspecified atom stereocenters. The highest BCUT2D eigenvalue weighted by Crippen LogP contribution is 2.41. The number of carboxylic acid groups (broad SMARTS) is 2. The Morgan fingerprint density at radius 2 is 1.79 bits per heavy atom. The van der Waals surface area contributed by atoms with Crippen LogP contribution in [0.25, 0.3) is 11.3 Å². The number of rotatable bonds is 7. The van der Waals surface area contributed by atoms with Gasteiger partial charge in [-0.1, -0.05) is 30.4 Å². The van der Waals surface area contributed by atoms with Crippen LogP contribution in [0.15, 0.2) is 65.8 Å². The first-order valence-electron chi connectivity index (χ1n) is 12.0. The summed E-state index contributed by atoms with van der Waals surface area (Å²) < 4.78 is 46.4. The van der Waals surface area contributed by atoms with Crippen molar-refractivity contribution in [2.24, 2.45) is 7.05 Å². The van der Waals surface area contributed by atoms with Crippen LogP contribution in [-0.2, 0) is 34.8 Å². The smallest absolute Gasteiger partial charge is 0.433 e. The number of ether oxygens (including phenoxy) is 1.